The van der Waals surface area contributed by atoms with E-state index in [1.165, 1.54) is 0 Å². The molecule has 1 aromatic carbocycles. The first kappa shape index (κ1) is 20.5. The zero-order valence-corrected chi connectivity index (χ0v) is 16.1. The minimum absolute atomic E-state index is 0.0125. The van der Waals surface area contributed by atoms with Gasteiger partial charge in [0.15, 0.2) is 11.5 Å². The fourth-order valence-electron chi connectivity index (χ4n) is 3.10. The molecule has 1 heterocycles. The standard InChI is InChI=1S/C19H30N2O5/c1-14(2)26-17-6-5-15(9-18(17)24-4)10-21-7-8-25-16(12-21)11-20(3)13-19(22)23/h5-6,9,14,16H,7-8,10-13H2,1-4H3,(H,22,23). The van der Waals surface area contributed by atoms with E-state index in [1.54, 1.807) is 19.1 Å². The number of carbonyl (C=O) groups is 1. The van der Waals surface area contributed by atoms with Crippen LogP contribution in [0.4, 0.5) is 0 Å². The summed E-state index contributed by atoms with van der Waals surface area (Å²) >= 11 is 0. The SMILES string of the molecule is COc1cc(CN2CCOC(CN(C)CC(=O)O)C2)ccc1OC(C)C. The summed E-state index contributed by atoms with van der Waals surface area (Å²) in [6, 6.07) is 6.02. The number of carboxylic acid groups (broad SMARTS) is 1. The Balaban J connectivity index is 1.94. The van der Waals surface area contributed by atoms with Crippen LogP contribution in [0.5, 0.6) is 11.5 Å². The van der Waals surface area contributed by atoms with Gasteiger partial charge in [0.25, 0.3) is 0 Å². The van der Waals surface area contributed by atoms with Crippen LogP contribution >= 0.6 is 0 Å². The second kappa shape index (κ2) is 9.75. The fraction of sp³-hybridized carbons (Fsp3) is 0.632. The minimum Gasteiger partial charge on any atom is -0.493 e. The molecule has 1 aliphatic rings. The molecule has 7 nitrogen and oxygen atoms in total. The largest absolute Gasteiger partial charge is 0.493 e. The topological polar surface area (TPSA) is 71.5 Å². The van der Waals surface area contributed by atoms with Crippen LogP contribution in [0.2, 0.25) is 0 Å². The van der Waals surface area contributed by atoms with Crippen molar-refractivity contribution in [3.05, 3.63) is 23.8 Å². The van der Waals surface area contributed by atoms with Crippen LogP contribution < -0.4 is 9.47 Å². The molecule has 1 unspecified atom stereocenters. The number of carboxylic acids is 1. The van der Waals surface area contributed by atoms with Gasteiger partial charge >= 0.3 is 5.97 Å². The number of nitrogens with zero attached hydrogens (tertiary/aromatic N) is 2. The number of aliphatic carboxylic acids is 1. The minimum atomic E-state index is -0.823. The number of methoxy groups -OCH3 is 1. The smallest absolute Gasteiger partial charge is 0.317 e. The maximum absolute atomic E-state index is 10.8. The van der Waals surface area contributed by atoms with Crippen molar-refractivity contribution in [1.29, 1.82) is 0 Å². The lowest BCUT2D eigenvalue weighted by atomic mass is 10.1. The van der Waals surface area contributed by atoms with Crippen molar-refractivity contribution < 1.29 is 24.1 Å². The Kier molecular flexibility index (Phi) is 7.68. The highest BCUT2D eigenvalue weighted by Crippen LogP contribution is 2.29. The molecule has 146 valence electrons. The molecule has 1 aliphatic heterocycles. The van der Waals surface area contributed by atoms with Crippen molar-refractivity contribution in [3.8, 4) is 11.5 Å². The normalized spacial score (nSPS) is 18.3. The molecule has 0 aliphatic carbocycles. The van der Waals surface area contributed by atoms with Crippen molar-refractivity contribution in [2.24, 2.45) is 0 Å². The van der Waals surface area contributed by atoms with E-state index in [9.17, 15) is 4.79 Å². The monoisotopic (exact) mass is 366 g/mol. The van der Waals surface area contributed by atoms with Crippen molar-refractivity contribution in [2.45, 2.75) is 32.6 Å². The molecule has 1 atom stereocenters. The van der Waals surface area contributed by atoms with Gasteiger partial charge in [-0.25, -0.2) is 0 Å². The van der Waals surface area contributed by atoms with Crippen molar-refractivity contribution in [2.75, 3.05) is 46.9 Å². The van der Waals surface area contributed by atoms with E-state index in [-0.39, 0.29) is 18.8 Å². The first-order valence-corrected chi connectivity index (χ1v) is 8.95. The van der Waals surface area contributed by atoms with Gasteiger partial charge in [-0.1, -0.05) is 6.07 Å². The van der Waals surface area contributed by atoms with Gasteiger partial charge in [-0.3, -0.25) is 14.6 Å². The number of benzene rings is 1. The highest BCUT2D eigenvalue weighted by atomic mass is 16.5. The number of hydrogen-bond donors (Lipinski definition) is 1. The number of ether oxygens (including phenoxy) is 3. The maximum Gasteiger partial charge on any atom is 0.317 e. The summed E-state index contributed by atoms with van der Waals surface area (Å²) < 4.78 is 17.0. The molecule has 1 N–H and O–H groups in total. The Morgan fingerprint density at radius 2 is 2.19 bits per heavy atom. The highest BCUT2D eigenvalue weighted by Gasteiger charge is 2.22. The van der Waals surface area contributed by atoms with Crippen LogP contribution in [0, 0.1) is 0 Å². The van der Waals surface area contributed by atoms with E-state index in [4.69, 9.17) is 19.3 Å². The second-order valence-electron chi connectivity index (χ2n) is 6.97. The molecule has 1 saturated heterocycles. The molecule has 1 aromatic rings. The molecular weight excluding hydrogens is 336 g/mol. The molecule has 1 fully saturated rings. The Morgan fingerprint density at radius 3 is 2.85 bits per heavy atom. The average Bonchev–Trinajstić information content (AvgIpc) is 2.55. The predicted octanol–water partition coefficient (Wildman–Crippen LogP) is 1.70. The van der Waals surface area contributed by atoms with Crippen molar-refractivity contribution in [1.82, 2.24) is 9.80 Å². The lowest BCUT2D eigenvalue weighted by Gasteiger charge is -2.34. The molecular formula is C19H30N2O5. The lowest BCUT2D eigenvalue weighted by molar-refractivity contribution is -0.138. The second-order valence-corrected chi connectivity index (χ2v) is 6.97. The van der Waals surface area contributed by atoms with Gasteiger partial charge in [0.2, 0.25) is 0 Å². The van der Waals surface area contributed by atoms with E-state index in [0.717, 1.165) is 36.7 Å². The van der Waals surface area contributed by atoms with Crippen LogP contribution in [-0.2, 0) is 16.1 Å². The van der Waals surface area contributed by atoms with Crippen LogP contribution in [-0.4, -0.2) is 80.0 Å². The molecule has 0 radical (unpaired) electrons. The summed E-state index contributed by atoms with van der Waals surface area (Å²) in [5.41, 5.74) is 1.15. The van der Waals surface area contributed by atoms with Gasteiger partial charge in [-0.15, -0.1) is 0 Å². The quantitative estimate of drug-likeness (QED) is 0.713. The highest BCUT2D eigenvalue weighted by molar-refractivity contribution is 5.69. The maximum atomic E-state index is 10.8. The molecule has 0 aromatic heterocycles. The van der Waals surface area contributed by atoms with Gasteiger partial charge < -0.3 is 19.3 Å². The van der Waals surface area contributed by atoms with Gasteiger partial charge in [-0.05, 0) is 38.6 Å². The third-order valence-electron chi connectivity index (χ3n) is 4.14. The zero-order chi connectivity index (χ0) is 19.1. The summed E-state index contributed by atoms with van der Waals surface area (Å²) in [7, 11) is 3.45. The Labute approximate surface area is 155 Å². The first-order chi connectivity index (χ1) is 12.4. The van der Waals surface area contributed by atoms with Crippen LogP contribution in [0.1, 0.15) is 19.4 Å². The molecule has 7 heteroatoms. The summed E-state index contributed by atoms with van der Waals surface area (Å²) in [5.74, 6) is 0.666. The molecule has 0 amide bonds. The van der Waals surface area contributed by atoms with Gasteiger partial charge in [-0.2, -0.15) is 0 Å². The molecule has 26 heavy (non-hydrogen) atoms. The molecule has 0 spiro atoms. The van der Waals surface area contributed by atoms with E-state index in [1.807, 2.05) is 26.0 Å². The van der Waals surface area contributed by atoms with E-state index < -0.39 is 5.97 Å². The molecule has 0 bridgehead atoms. The van der Waals surface area contributed by atoms with Crippen molar-refractivity contribution in [3.63, 3.8) is 0 Å². The zero-order valence-electron chi connectivity index (χ0n) is 16.1. The number of hydrogen-bond acceptors (Lipinski definition) is 6. The number of morpholine rings is 1. The third kappa shape index (κ3) is 6.48. The Morgan fingerprint density at radius 1 is 1.42 bits per heavy atom. The van der Waals surface area contributed by atoms with Gasteiger partial charge in [0.05, 0.1) is 32.5 Å². The number of likely N-dealkylation sites (N-methyl/N-ethyl adjacent to an activating group) is 1. The summed E-state index contributed by atoms with van der Waals surface area (Å²) in [6.07, 6.45) is 0.107. The third-order valence-corrected chi connectivity index (χ3v) is 4.14. The van der Waals surface area contributed by atoms with Gasteiger partial charge in [0, 0.05) is 26.2 Å². The van der Waals surface area contributed by atoms with Crippen molar-refractivity contribution >= 4 is 5.97 Å². The summed E-state index contributed by atoms with van der Waals surface area (Å²) in [5, 5.41) is 8.87. The number of rotatable bonds is 9. The predicted molar refractivity (Wildman–Crippen MR) is 98.9 cm³/mol. The van der Waals surface area contributed by atoms with E-state index in [2.05, 4.69) is 11.0 Å². The Hall–Kier alpha value is -1.83. The van der Waals surface area contributed by atoms with Crippen LogP contribution in [0.25, 0.3) is 0 Å². The average molecular weight is 366 g/mol. The van der Waals surface area contributed by atoms with Gasteiger partial charge in [0.1, 0.15) is 0 Å². The summed E-state index contributed by atoms with van der Waals surface area (Å²) in [4.78, 5) is 14.9. The molecule has 0 saturated carbocycles. The molecule has 2 rings (SSSR count). The summed E-state index contributed by atoms with van der Waals surface area (Å²) in [6.45, 7) is 7.67. The fourth-order valence-corrected chi connectivity index (χ4v) is 3.10. The van der Waals surface area contributed by atoms with E-state index >= 15 is 0 Å². The van der Waals surface area contributed by atoms with E-state index in [0.29, 0.717) is 13.2 Å². The first-order valence-electron chi connectivity index (χ1n) is 8.95. The van der Waals surface area contributed by atoms with Crippen LogP contribution in [0.15, 0.2) is 18.2 Å². The Bertz CT molecular complexity index is 593. The van der Waals surface area contributed by atoms with Crippen LogP contribution in [0.3, 0.4) is 0 Å². The lowest BCUT2D eigenvalue weighted by Crippen LogP contribution is -2.47.